The highest BCUT2D eigenvalue weighted by molar-refractivity contribution is 7.93. The SMILES string of the molecule is Cc1cc(C)c(S(=O)(=O)N(C(=O)c2ccccc2)c2ccc3oc4c(c3c2)CCCC4)c(C)c1. The van der Waals surface area contributed by atoms with Crippen LogP contribution in [0.25, 0.3) is 11.0 Å². The predicted octanol–water partition coefficient (Wildman–Crippen LogP) is 6.27. The van der Waals surface area contributed by atoms with Gasteiger partial charge in [-0.15, -0.1) is 0 Å². The standard InChI is InChI=1S/C28H27NO4S/c1-18-15-19(2)27(20(3)16-18)34(31,32)29(28(30)21-9-5-4-6-10-21)22-13-14-26-24(17-22)23-11-7-8-12-25(23)33-26/h4-6,9-10,13-17H,7-8,11-12H2,1-3H3. The smallest absolute Gasteiger partial charge is 0.272 e. The van der Waals surface area contributed by atoms with Crippen molar-refractivity contribution in [3.05, 3.63) is 94.2 Å². The molecular weight excluding hydrogens is 446 g/mol. The molecule has 3 aromatic carbocycles. The van der Waals surface area contributed by atoms with E-state index in [9.17, 15) is 13.2 Å². The first kappa shape index (κ1) is 22.4. The van der Waals surface area contributed by atoms with Crippen LogP contribution in [0.5, 0.6) is 0 Å². The summed E-state index contributed by atoms with van der Waals surface area (Å²) in [5.74, 6) is 0.379. The van der Waals surface area contributed by atoms with Crippen molar-refractivity contribution in [3.8, 4) is 0 Å². The molecule has 0 fully saturated rings. The van der Waals surface area contributed by atoms with Crippen molar-refractivity contribution in [1.29, 1.82) is 0 Å². The zero-order chi connectivity index (χ0) is 24.0. The fourth-order valence-corrected chi connectivity index (χ4v) is 6.93. The van der Waals surface area contributed by atoms with Crippen LogP contribution < -0.4 is 4.31 Å². The van der Waals surface area contributed by atoms with Crippen LogP contribution in [0.3, 0.4) is 0 Å². The normalized spacial score (nSPS) is 13.6. The van der Waals surface area contributed by atoms with Gasteiger partial charge in [-0.3, -0.25) is 4.79 Å². The summed E-state index contributed by atoms with van der Waals surface area (Å²) in [4.78, 5) is 13.9. The van der Waals surface area contributed by atoms with Gasteiger partial charge in [0.15, 0.2) is 0 Å². The summed E-state index contributed by atoms with van der Waals surface area (Å²) in [6.45, 7) is 5.47. The maximum Gasteiger partial charge on any atom is 0.272 e. The Morgan fingerprint density at radius 1 is 0.882 bits per heavy atom. The summed E-state index contributed by atoms with van der Waals surface area (Å²) in [5.41, 5.74) is 4.67. The molecule has 34 heavy (non-hydrogen) atoms. The summed E-state index contributed by atoms with van der Waals surface area (Å²) in [5, 5.41) is 0.880. The molecule has 5 rings (SSSR count). The molecule has 0 bridgehead atoms. The van der Waals surface area contributed by atoms with Gasteiger partial charge in [0, 0.05) is 22.9 Å². The molecule has 0 unspecified atom stereocenters. The van der Waals surface area contributed by atoms with Crippen LogP contribution in [-0.4, -0.2) is 14.3 Å². The summed E-state index contributed by atoms with van der Waals surface area (Å²) in [7, 11) is -4.20. The van der Waals surface area contributed by atoms with Gasteiger partial charge in [0.05, 0.1) is 10.6 Å². The molecule has 0 spiro atoms. The molecule has 0 saturated carbocycles. The highest BCUT2D eigenvalue weighted by Crippen LogP contribution is 2.37. The van der Waals surface area contributed by atoms with Crippen LogP contribution in [0.4, 0.5) is 5.69 Å². The van der Waals surface area contributed by atoms with Crippen LogP contribution in [-0.2, 0) is 22.9 Å². The zero-order valence-electron chi connectivity index (χ0n) is 19.6. The Bertz CT molecular complexity index is 1490. The fraction of sp³-hybridized carbons (Fsp3) is 0.250. The number of furan rings is 1. The van der Waals surface area contributed by atoms with E-state index in [0.717, 1.165) is 57.8 Å². The van der Waals surface area contributed by atoms with Crippen molar-refractivity contribution >= 4 is 32.6 Å². The third kappa shape index (κ3) is 3.72. The summed E-state index contributed by atoms with van der Waals surface area (Å²) in [6.07, 6.45) is 3.92. The third-order valence-electron chi connectivity index (χ3n) is 6.48. The largest absolute Gasteiger partial charge is 0.461 e. The van der Waals surface area contributed by atoms with E-state index in [0.29, 0.717) is 22.4 Å². The van der Waals surface area contributed by atoms with Gasteiger partial charge < -0.3 is 4.42 Å². The number of amides is 1. The highest BCUT2D eigenvalue weighted by Gasteiger charge is 2.34. The van der Waals surface area contributed by atoms with E-state index in [1.54, 1.807) is 62.4 Å². The van der Waals surface area contributed by atoms with Crippen LogP contribution in [0.2, 0.25) is 0 Å². The lowest BCUT2D eigenvalue weighted by atomic mass is 9.96. The second kappa shape index (κ2) is 8.44. The molecule has 174 valence electrons. The Kier molecular flexibility index (Phi) is 5.56. The maximum atomic E-state index is 14.1. The molecule has 4 aromatic rings. The third-order valence-corrected chi connectivity index (χ3v) is 8.50. The Balaban J connectivity index is 1.74. The number of fused-ring (bicyclic) bond motifs is 3. The molecule has 0 radical (unpaired) electrons. The molecule has 5 nitrogen and oxygen atoms in total. The van der Waals surface area contributed by atoms with Gasteiger partial charge in [0.25, 0.3) is 15.9 Å². The van der Waals surface area contributed by atoms with E-state index in [1.165, 1.54) is 0 Å². The average molecular weight is 474 g/mol. The first-order valence-electron chi connectivity index (χ1n) is 11.5. The van der Waals surface area contributed by atoms with E-state index in [2.05, 4.69) is 0 Å². The van der Waals surface area contributed by atoms with Crippen LogP contribution in [0.15, 0.2) is 70.0 Å². The Labute approximate surface area is 200 Å². The summed E-state index contributed by atoms with van der Waals surface area (Å²) in [6, 6.07) is 17.4. The molecule has 0 N–H and O–H groups in total. The van der Waals surface area contributed by atoms with Gasteiger partial charge in [-0.25, -0.2) is 8.42 Å². The minimum Gasteiger partial charge on any atom is -0.461 e. The number of hydrogen-bond acceptors (Lipinski definition) is 4. The number of carbonyl (C=O) groups is 1. The minimum atomic E-state index is -4.20. The summed E-state index contributed by atoms with van der Waals surface area (Å²) >= 11 is 0. The molecule has 0 atom stereocenters. The Hall–Kier alpha value is -3.38. The van der Waals surface area contributed by atoms with Crippen LogP contribution in [0.1, 0.15) is 51.2 Å². The molecule has 1 aliphatic carbocycles. The first-order chi connectivity index (χ1) is 16.3. The molecule has 1 aromatic heterocycles. The number of hydrogen-bond donors (Lipinski definition) is 0. The number of benzene rings is 3. The number of anilines is 1. The monoisotopic (exact) mass is 473 g/mol. The van der Waals surface area contributed by atoms with Crippen molar-refractivity contribution in [2.24, 2.45) is 0 Å². The van der Waals surface area contributed by atoms with E-state index < -0.39 is 15.9 Å². The van der Waals surface area contributed by atoms with Gasteiger partial charge in [0.2, 0.25) is 0 Å². The molecular formula is C28H27NO4S. The van der Waals surface area contributed by atoms with Crippen LogP contribution >= 0.6 is 0 Å². The van der Waals surface area contributed by atoms with E-state index >= 15 is 0 Å². The lowest BCUT2D eigenvalue weighted by Crippen LogP contribution is -2.37. The van der Waals surface area contributed by atoms with Crippen molar-refractivity contribution < 1.29 is 17.6 Å². The van der Waals surface area contributed by atoms with E-state index in [4.69, 9.17) is 4.42 Å². The number of carbonyl (C=O) groups excluding carboxylic acids is 1. The van der Waals surface area contributed by atoms with Crippen molar-refractivity contribution in [2.75, 3.05) is 4.31 Å². The lowest BCUT2D eigenvalue weighted by Gasteiger charge is -2.25. The Morgan fingerprint density at radius 2 is 1.56 bits per heavy atom. The van der Waals surface area contributed by atoms with Gasteiger partial charge >= 0.3 is 0 Å². The molecule has 0 aliphatic heterocycles. The number of sulfonamides is 1. The molecule has 1 amide bonds. The van der Waals surface area contributed by atoms with Gasteiger partial charge in [-0.1, -0.05) is 35.9 Å². The van der Waals surface area contributed by atoms with Crippen molar-refractivity contribution in [2.45, 2.75) is 51.3 Å². The number of rotatable bonds is 4. The highest BCUT2D eigenvalue weighted by atomic mass is 32.2. The maximum absolute atomic E-state index is 14.1. The van der Waals surface area contributed by atoms with E-state index in [-0.39, 0.29) is 4.90 Å². The molecule has 6 heteroatoms. The first-order valence-corrected chi connectivity index (χ1v) is 13.0. The fourth-order valence-electron chi connectivity index (χ4n) is 5.11. The topological polar surface area (TPSA) is 67.6 Å². The second-order valence-electron chi connectivity index (χ2n) is 9.06. The second-order valence-corrected chi connectivity index (χ2v) is 10.8. The number of aryl methyl sites for hydroxylation is 5. The summed E-state index contributed by atoms with van der Waals surface area (Å²) < 4.78 is 35.3. The molecule has 1 heterocycles. The van der Waals surface area contributed by atoms with E-state index in [1.807, 2.05) is 19.1 Å². The number of nitrogens with zero attached hydrogens (tertiary/aromatic N) is 1. The van der Waals surface area contributed by atoms with Crippen molar-refractivity contribution in [3.63, 3.8) is 0 Å². The average Bonchev–Trinajstić information content (AvgIpc) is 3.17. The van der Waals surface area contributed by atoms with Crippen molar-refractivity contribution in [1.82, 2.24) is 0 Å². The van der Waals surface area contributed by atoms with Gasteiger partial charge in [-0.05, 0) is 81.5 Å². The predicted molar refractivity (Wildman–Crippen MR) is 134 cm³/mol. The molecule has 1 aliphatic rings. The van der Waals surface area contributed by atoms with Gasteiger partial charge in [-0.2, -0.15) is 4.31 Å². The molecule has 0 saturated heterocycles. The quantitative estimate of drug-likeness (QED) is 0.350. The van der Waals surface area contributed by atoms with Gasteiger partial charge in [0.1, 0.15) is 11.3 Å². The Morgan fingerprint density at radius 3 is 2.26 bits per heavy atom. The zero-order valence-corrected chi connectivity index (χ0v) is 20.4. The minimum absolute atomic E-state index is 0.164. The van der Waals surface area contributed by atoms with Crippen LogP contribution in [0, 0.1) is 20.8 Å². The lowest BCUT2D eigenvalue weighted by molar-refractivity contribution is 0.101.